The van der Waals surface area contributed by atoms with Crippen LogP contribution in [0.4, 0.5) is 4.39 Å². The molecule has 1 unspecified atom stereocenters. The van der Waals surface area contributed by atoms with Gasteiger partial charge >= 0.3 is 0 Å². The van der Waals surface area contributed by atoms with Crippen LogP contribution < -0.4 is 5.32 Å². The smallest absolute Gasteiger partial charge is 0.238 e. The molecule has 7 heteroatoms. The molecule has 0 spiro atoms. The van der Waals surface area contributed by atoms with E-state index >= 15 is 0 Å². The SMILES string of the molecule is O=C(NCc1cccc(Br)c1)[C@@H]1CCCN1S(=O)c1ccc(F)cc1. The van der Waals surface area contributed by atoms with Crippen LogP contribution in [0.5, 0.6) is 0 Å². The average molecular weight is 425 g/mol. The van der Waals surface area contributed by atoms with Gasteiger partial charge in [-0.05, 0) is 54.8 Å². The maximum atomic E-state index is 13.0. The molecule has 25 heavy (non-hydrogen) atoms. The van der Waals surface area contributed by atoms with Gasteiger partial charge in [-0.1, -0.05) is 28.1 Å². The van der Waals surface area contributed by atoms with Crippen molar-refractivity contribution in [3.63, 3.8) is 0 Å². The number of halogens is 2. The maximum Gasteiger partial charge on any atom is 0.238 e. The van der Waals surface area contributed by atoms with Crippen LogP contribution in [0.1, 0.15) is 18.4 Å². The molecule has 1 saturated heterocycles. The first-order valence-electron chi connectivity index (χ1n) is 8.01. The van der Waals surface area contributed by atoms with Gasteiger partial charge in [-0.2, -0.15) is 0 Å². The normalized spacial score (nSPS) is 18.9. The van der Waals surface area contributed by atoms with Gasteiger partial charge in [0.1, 0.15) is 22.8 Å². The molecule has 4 nitrogen and oxygen atoms in total. The zero-order valence-corrected chi connectivity index (χ0v) is 15.9. The van der Waals surface area contributed by atoms with Crippen molar-refractivity contribution in [2.75, 3.05) is 6.54 Å². The molecule has 1 fully saturated rings. The molecule has 1 aliphatic heterocycles. The zero-order chi connectivity index (χ0) is 17.8. The molecule has 1 aliphatic rings. The van der Waals surface area contributed by atoms with E-state index in [0.717, 1.165) is 16.5 Å². The van der Waals surface area contributed by atoms with Gasteiger partial charge in [0, 0.05) is 17.6 Å². The Morgan fingerprint density at radius 1 is 1.28 bits per heavy atom. The average Bonchev–Trinajstić information content (AvgIpc) is 3.09. The van der Waals surface area contributed by atoms with E-state index < -0.39 is 17.0 Å². The number of hydrogen-bond acceptors (Lipinski definition) is 2. The van der Waals surface area contributed by atoms with Crippen molar-refractivity contribution in [1.29, 1.82) is 0 Å². The highest BCUT2D eigenvalue weighted by molar-refractivity contribution is 9.10. The molecule has 0 bridgehead atoms. The summed E-state index contributed by atoms with van der Waals surface area (Å²) in [4.78, 5) is 13.1. The molecule has 1 heterocycles. The van der Waals surface area contributed by atoms with Crippen LogP contribution in [0.3, 0.4) is 0 Å². The molecule has 2 aromatic rings. The Kier molecular flexibility index (Phi) is 5.98. The number of amides is 1. The van der Waals surface area contributed by atoms with Gasteiger partial charge < -0.3 is 5.32 Å². The van der Waals surface area contributed by atoms with Gasteiger partial charge in [-0.25, -0.2) is 12.9 Å². The number of hydrogen-bond donors (Lipinski definition) is 1. The first kappa shape index (κ1) is 18.2. The van der Waals surface area contributed by atoms with Crippen LogP contribution in [0.2, 0.25) is 0 Å². The van der Waals surface area contributed by atoms with Gasteiger partial charge in [0.15, 0.2) is 0 Å². The topological polar surface area (TPSA) is 49.4 Å². The molecule has 0 saturated carbocycles. The third-order valence-corrected chi connectivity index (χ3v) is 6.12. The van der Waals surface area contributed by atoms with Gasteiger partial charge in [-0.15, -0.1) is 0 Å². The van der Waals surface area contributed by atoms with E-state index in [4.69, 9.17) is 0 Å². The summed E-state index contributed by atoms with van der Waals surface area (Å²) in [6, 6.07) is 12.9. The minimum Gasteiger partial charge on any atom is -0.351 e. The Morgan fingerprint density at radius 3 is 2.76 bits per heavy atom. The molecule has 1 N–H and O–H groups in total. The molecule has 0 aromatic heterocycles. The van der Waals surface area contributed by atoms with Gasteiger partial charge in [-0.3, -0.25) is 4.79 Å². The lowest BCUT2D eigenvalue weighted by Crippen LogP contribution is -2.43. The zero-order valence-electron chi connectivity index (χ0n) is 13.5. The molecule has 1 amide bonds. The number of rotatable bonds is 5. The lowest BCUT2D eigenvalue weighted by Gasteiger charge is -2.22. The van der Waals surface area contributed by atoms with Crippen LogP contribution in [-0.2, 0) is 22.3 Å². The monoisotopic (exact) mass is 424 g/mol. The fraction of sp³-hybridized carbons (Fsp3) is 0.278. The highest BCUT2D eigenvalue weighted by Gasteiger charge is 2.34. The van der Waals surface area contributed by atoms with E-state index in [2.05, 4.69) is 21.2 Å². The molecular formula is C18H18BrFN2O2S. The van der Waals surface area contributed by atoms with Gasteiger partial charge in [0.05, 0.1) is 4.90 Å². The van der Waals surface area contributed by atoms with Gasteiger partial charge in [0.25, 0.3) is 0 Å². The van der Waals surface area contributed by atoms with Gasteiger partial charge in [0.2, 0.25) is 5.91 Å². The summed E-state index contributed by atoms with van der Waals surface area (Å²) >= 11 is 3.41. The molecular weight excluding hydrogens is 407 g/mol. The van der Waals surface area contributed by atoms with E-state index in [0.29, 0.717) is 24.4 Å². The molecule has 2 atom stereocenters. The summed E-state index contributed by atoms with van der Waals surface area (Å²) in [6.07, 6.45) is 1.47. The first-order valence-corrected chi connectivity index (χ1v) is 9.91. The predicted octanol–water partition coefficient (Wildman–Crippen LogP) is 3.39. The van der Waals surface area contributed by atoms with E-state index in [-0.39, 0.29) is 11.7 Å². The largest absolute Gasteiger partial charge is 0.351 e. The number of nitrogens with one attached hydrogen (secondary N) is 1. The minimum absolute atomic E-state index is 0.132. The Labute approximate surface area is 157 Å². The minimum atomic E-state index is -1.47. The third-order valence-electron chi connectivity index (χ3n) is 4.09. The molecule has 0 radical (unpaired) electrons. The summed E-state index contributed by atoms with van der Waals surface area (Å²) in [5.74, 6) is -0.501. The first-order chi connectivity index (χ1) is 12.0. The van der Waals surface area contributed by atoms with Crippen molar-refractivity contribution < 1.29 is 13.4 Å². The molecule has 2 aromatic carbocycles. The Morgan fingerprint density at radius 2 is 2.04 bits per heavy atom. The highest BCUT2D eigenvalue weighted by atomic mass is 79.9. The van der Waals surface area contributed by atoms with E-state index in [1.54, 1.807) is 4.31 Å². The van der Waals surface area contributed by atoms with Crippen molar-refractivity contribution in [2.45, 2.75) is 30.3 Å². The number of carbonyl (C=O) groups is 1. The van der Waals surface area contributed by atoms with E-state index in [1.165, 1.54) is 24.3 Å². The Balaban J connectivity index is 1.65. The summed E-state index contributed by atoms with van der Waals surface area (Å²) < 4.78 is 28.4. The van der Waals surface area contributed by atoms with Crippen LogP contribution in [0.15, 0.2) is 57.9 Å². The summed E-state index contributed by atoms with van der Waals surface area (Å²) in [7, 11) is -1.47. The summed E-state index contributed by atoms with van der Waals surface area (Å²) in [6.45, 7) is 1.00. The predicted molar refractivity (Wildman–Crippen MR) is 98.5 cm³/mol. The van der Waals surface area contributed by atoms with Crippen LogP contribution in [0, 0.1) is 5.82 Å². The fourth-order valence-corrected chi connectivity index (χ4v) is 4.65. The molecule has 132 valence electrons. The van der Waals surface area contributed by atoms with Crippen molar-refractivity contribution in [3.8, 4) is 0 Å². The Bertz CT molecular complexity index is 785. The fourth-order valence-electron chi connectivity index (χ4n) is 2.84. The van der Waals surface area contributed by atoms with Crippen molar-refractivity contribution in [1.82, 2.24) is 9.62 Å². The van der Waals surface area contributed by atoms with Crippen LogP contribution in [-0.4, -0.2) is 27.0 Å². The standard InChI is InChI=1S/C18H18BrFN2O2S/c19-14-4-1-3-13(11-14)12-21-18(23)17-5-2-10-22(17)25(24)16-8-6-15(20)7-9-16/h1,3-4,6-9,11,17H,2,5,10,12H2,(H,21,23)/t17-,25?/m0/s1. The number of benzene rings is 2. The highest BCUT2D eigenvalue weighted by Crippen LogP contribution is 2.23. The number of carbonyl (C=O) groups excluding carboxylic acids is 1. The quantitative estimate of drug-likeness (QED) is 0.799. The van der Waals surface area contributed by atoms with Crippen LogP contribution >= 0.6 is 15.9 Å². The second-order valence-electron chi connectivity index (χ2n) is 5.85. The lowest BCUT2D eigenvalue weighted by atomic mass is 10.2. The second-order valence-corrected chi connectivity index (χ2v) is 8.20. The summed E-state index contributed by atoms with van der Waals surface area (Å²) in [5, 5.41) is 2.92. The summed E-state index contributed by atoms with van der Waals surface area (Å²) in [5.41, 5.74) is 0.993. The maximum absolute atomic E-state index is 13.0. The van der Waals surface area contributed by atoms with E-state index in [1.807, 2.05) is 24.3 Å². The van der Waals surface area contributed by atoms with E-state index in [9.17, 15) is 13.4 Å². The second kappa shape index (κ2) is 8.21. The van der Waals surface area contributed by atoms with Crippen molar-refractivity contribution >= 4 is 32.8 Å². The lowest BCUT2D eigenvalue weighted by molar-refractivity contribution is -0.124. The van der Waals surface area contributed by atoms with Crippen LogP contribution in [0.25, 0.3) is 0 Å². The van der Waals surface area contributed by atoms with Crippen molar-refractivity contribution in [2.24, 2.45) is 0 Å². The molecule has 3 rings (SSSR count). The number of nitrogens with zero attached hydrogens (tertiary/aromatic N) is 1. The third kappa shape index (κ3) is 4.54. The Hall–Kier alpha value is -1.57. The molecule has 0 aliphatic carbocycles. The van der Waals surface area contributed by atoms with Crippen molar-refractivity contribution in [3.05, 3.63) is 64.4 Å².